The average molecular weight is 328 g/mol. The molecule has 0 radical (unpaired) electrons. The van der Waals surface area contributed by atoms with E-state index in [0.29, 0.717) is 5.41 Å². The van der Waals surface area contributed by atoms with E-state index in [9.17, 15) is 0 Å². The summed E-state index contributed by atoms with van der Waals surface area (Å²) in [6.07, 6.45) is 10.6. The van der Waals surface area contributed by atoms with Crippen LogP contribution >= 0.6 is 0 Å². The second kappa shape index (κ2) is 6.72. The molecule has 0 saturated heterocycles. The smallest absolute Gasteiger partial charge is 0.0443 e. The Morgan fingerprint density at radius 3 is 2.24 bits per heavy atom. The minimum atomic E-state index is 0.436. The Kier molecular flexibility index (Phi) is 4.43. The molecule has 0 aromatic heterocycles. The van der Waals surface area contributed by atoms with E-state index in [1.54, 1.807) is 5.56 Å². The summed E-state index contributed by atoms with van der Waals surface area (Å²) < 4.78 is 0. The highest BCUT2D eigenvalue weighted by Gasteiger charge is 2.32. The van der Waals surface area contributed by atoms with Crippen LogP contribution in [0.3, 0.4) is 0 Å². The Bertz CT molecular complexity index is 815. The van der Waals surface area contributed by atoms with Crippen LogP contribution in [0, 0.1) is 11.8 Å². The maximum Gasteiger partial charge on any atom is 0.0443 e. The summed E-state index contributed by atoms with van der Waals surface area (Å²) in [5.41, 5.74) is 8.64. The van der Waals surface area contributed by atoms with E-state index in [4.69, 9.17) is 0 Å². The molecule has 0 heteroatoms. The van der Waals surface area contributed by atoms with Gasteiger partial charge >= 0.3 is 0 Å². The van der Waals surface area contributed by atoms with Crippen LogP contribution in [0.4, 0.5) is 0 Å². The van der Waals surface area contributed by atoms with Crippen molar-refractivity contribution in [3.05, 3.63) is 58.7 Å². The third-order valence-corrected chi connectivity index (χ3v) is 6.34. The van der Waals surface area contributed by atoms with Gasteiger partial charge in [0.25, 0.3) is 0 Å². The predicted molar refractivity (Wildman–Crippen MR) is 107 cm³/mol. The van der Waals surface area contributed by atoms with Gasteiger partial charge in [0.1, 0.15) is 0 Å². The third-order valence-electron chi connectivity index (χ3n) is 6.34. The van der Waals surface area contributed by atoms with Crippen molar-refractivity contribution in [2.75, 3.05) is 0 Å². The Morgan fingerprint density at radius 1 is 0.880 bits per heavy atom. The lowest BCUT2D eigenvalue weighted by Crippen LogP contribution is -2.28. The molecule has 0 amide bonds. The van der Waals surface area contributed by atoms with Gasteiger partial charge in [0, 0.05) is 11.1 Å². The second-order valence-corrected chi connectivity index (χ2v) is 7.79. The van der Waals surface area contributed by atoms with Gasteiger partial charge < -0.3 is 0 Å². The summed E-state index contributed by atoms with van der Waals surface area (Å²) in [7, 11) is 0. The maximum absolute atomic E-state index is 3.25. The summed E-state index contributed by atoms with van der Waals surface area (Å²) in [6.45, 7) is 4.58. The van der Waals surface area contributed by atoms with Crippen LogP contribution in [0.25, 0.3) is 11.1 Å². The fourth-order valence-electron chi connectivity index (χ4n) is 4.99. The summed E-state index contributed by atoms with van der Waals surface area (Å²) >= 11 is 0. The van der Waals surface area contributed by atoms with Gasteiger partial charge in [-0.2, -0.15) is 0 Å². The van der Waals surface area contributed by atoms with Gasteiger partial charge in [-0.1, -0.05) is 81.7 Å². The average Bonchev–Trinajstić information content (AvgIpc) is 2.63. The van der Waals surface area contributed by atoms with Crippen molar-refractivity contribution in [1.29, 1.82) is 0 Å². The van der Waals surface area contributed by atoms with Crippen LogP contribution in [-0.4, -0.2) is 0 Å². The van der Waals surface area contributed by atoms with Gasteiger partial charge in [-0.25, -0.2) is 0 Å². The zero-order valence-corrected chi connectivity index (χ0v) is 15.6. The molecule has 0 atom stereocenters. The van der Waals surface area contributed by atoms with E-state index in [2.05, 4.69) is 62.1 Å². The van der Waals surface area contributed by atoms with Crippen molar-refractivity contribution < 1.29 is 0 Å². The fourth-order valence-corrected chi connectivity index (χ4v) is 4.99. The molecule has 0 N–H and O–H groups in total. The molecular formula is C25H28. The van der Waals surface area contributed by atoms with Crippen molar-refractivity contribution in [2.45, 2.75) is 70.6 Å². The largest absolute Gasteiger partial charge is 0.0654 e. The van der Waals surface area contributed by atoms with Crippen molar-refractivity contribution in [2.24, 2.45) is 0 Å². The molecular weight excluding hydrogens is 300 g/mol. The van der Waals surface area contributed by atoms with E-state index < -0.39 is 0 Å². The van der Waals surface area contributed by atoms with E-state index in [0.717, 1.165) is 6.42 Å². The predicted octanol–water partition coefficient (Wildman–Crippen LogP) is 6.63. The lowest BCUT2D eigenvalue weighted by Gasteiger charge is -2.38. The van der Waals surface area contributed by atoms with E-state index in [1.807, 2.05) is 0 Å². The van der Waals surface area contributed by atoms with Gasteiger partial charge in [-0.05, 0) is 59.4 Å². The number of hydrogen-bond acceptors (Lipinski definition) is 0. The van der Waals surface area contributed by atoms with Crippen LogP contribution in [0.15, 0.2) is 36.4 Å². The van der Waals surface area contributed by atoms with E-state index >= 15 is 0 Å². The Balaban J connectivity index is 1.68. The fraction of sp³-hybridized carbons (Fsp3) is 0.440. The van der Waals surface area contributed by atoms with Crippen LogP contribution in [0.2, 0.25) is 0 Å². The summed E-state index contributed by atoms with van der Waals surface area (Å²) in [4.78, 5) is 0. The van der Waals surface area contributed by atoms with Gasteiger partial charge in [0.2, 0.25) is 0 Å². The first kappa shape index (κ1) is 16.5. The molecule has 2 aliphatic carbocycles. The van der Waals surface area contributed by atoms with Crippen LogP contribution in [0.1, 0.15) is 81.0 Å². The Hall–Kier alpha value is -2.00. The first-order valence-electron chi connectivity index (χ1n) is 10.1. The highest BCUT2D eigenvalue weighted by Crippen LogP contribution is 2.43. The molecule has 0 spiro atoms. The maximum atomic E-state index is 3.25. The van der Waals surface area contributed by atoms with Gasteiger partial charge in [-0.15, -0.1) is 0 Å². The topological polar surface area (TPSA) is 0 Å². The second-order valence-electron chi connectivity index (χ2n) is 7.79. The number of rotatable bonds is 5. The molecule has 0 aliphatic heterocycles. The summed E-state index contributed by atoms with van der Waals surface area (Å²) in [5, 5.41) is 0. The zero-order valence-electron chi connectivity index (χ0n) is 15.6. The minimum Gasteiger partial charge on any atom is -0.0654 e. The van der Waals surface area contributed by atoms with Crippen LogP contribution in [-0.2, 0) is 11.8 Å². The molecule has 0 bridgehead atoms. The molecule has 2 aromatic rings. The molecule has 25 heavy (non-hydrogen) atoms. The van der Waals surface area contributed by atoms with E-state index in [-0.39, 0.29) is 0 Å². The minimum absolute atomic E-state index is 0.436. The molecule has 0 heterocycles. The summed E-state index contributed by atoms with van der Waals surface area (Å²) in [5.74, 6) is 6.42. The lowest BCUT2D eigenvalue weighted by atomic mass is 9.67. The molecule has 4 rings (SSSR count). The van der Waals surface area contributed by atoms with Crippen molar-refractivity contribution in [1.82, 2.24) is 0 Å². The first-order valence-corrected chi connectivity index (χ1v) is 10.1. The van der Waals surface area contributed by atoms with Gasteiger partial charge in [0.15, 0.2) is 0 Å². The SMILES string of the molecule is CCCC1(c2ccc(-c3ccc4c(c3CC)C#C4)cc2)CCCCC1. The highest BCUT2D eigenvalue weighted by molar-refractivity contribution is 5.76. The molecule has 1 saturated carbocycles. The Labute approximate surface area is 152 Å². The number of fused-ring (bicyclic) bond motifs is 1. The van der Waals surface area contributed by atoms with Gasteiger partial charge in [-0.3, -0.25) is 0 Å². The molecule has 0 nitrogen and oxygen atoms in total. The highest BCUT2D eigenvalue weighted by atomic mass is 14.4. The normalized spacial score (nSPS) is 17.2. The first-order chi connectivity index (χ1) is 12.3. The Morgan fingerprint density at radius 2 is 1.64 bits per heavy atom. The van der Waals surface area contributed by atoms with Crippen molar-refractivity contribution in [3.8, 4) is 23.0 Å². The molecule has 0 unspecified atom stereocenters. The number of benzene rings is 2. The number of hydrogen-bond donors (Lipinski definition) is 0. The van der Waals surface area contributed by atoms with E-state index in [1.165, 1.54) is 72.8 Å². The van der Waals surface area contributed by atoms with Crippen LogP contribution < -0.4 is 0 Å². The molecule has 2 aromatic carbocycles. The van der Waals surface area contributed by atoms with Crippen LogP contribution in [0.5, 0.6) is 0 Å². The molecule has 128 valence electrons. The van der Waals surface area contributed by atoms with Crippen molar-refractivity contribution >= 4 is 0 Å². The zero-order chi connectivity index (χ0) is 17.3. The summed E-state index contributed by atoms with van der Waals surface area (Å²) in [6, 6.07) is 14.0. The molecule has 2 aliphatic rings. The lowest BCUT2D eigenvalue weighted by molar-refractivity contribution is 0.271. The van der Waals surface area contributed by atoms with Crippen molar-refractivity contribution in [3.63, 3.8) is 0 Å². The third kappa shape index (κ3) is 2.81. The monoisotopic (exact) mass is 328 g/mol. The quantitative estimate of drug-likeness (QED) is 0.461. The standard InChI is InChI=1S/C25H28/c1-3-16-25(17-6-5-7-18-25)21-12-8-19(9-13-21)23-14-10-20-11-15-24(20)22(23)4-2/h8-10,12-14H,3-7,16-18H2,1-2H3. The molecule has 1 fully saturated rings. The van der Waals surface area contributed by atoms with Gasteiger partial charge in [0.05, 0.1) is 0 Å².